The normalized spacial score (nSPS) is 16.0. The quantitative estimate of drug-likeness (QED) is 0.762. The maximum absolute atomic E-state index is 11.9. The van der Waals surface area contributed by atoms with Crippen LogP contribution >= 0.6 is 0 Å². The molecule has 1 aliphatic carbocycles. The van der Waals surface area contributed by atoms with Crippen LogP contribution in [0.3, 0.4) is 0 Å². The molecular weight excluding hydrogens is 288 g/mol. The van der Waals surface area contributed by atoms with Crippen LogP contribution in [0.4, 0.5) is 16.2 Å². The maximum Gasteiger partial charge on any atom is 0.412 e. The smallest absolute Gasteiger partial charge is 0.412 e. The average molecular weight is 318 g/mol. The third kappa shape index (κ3) is 6.51. The fourth-order valence-corrected chi connectivity index (χ4v) is 3.05. The summed E-state index contributed by atoms with van der Waals surface area (Å²) in [4.78, 5) is 11.9. The van der Waals surface area contributed by atoms with Gasteiger partial charge in [0.15, 0.2) is 0 Å². The molecule has 0 bridgehead atoms. The topological polar surface area (TPSA) is 50.4 Å². The van der Waals surface area contributed by atoms with Crippen molar-refractivity contribution in [3.05, 3.63) is 24.3 Å². The predicted octanol–water partition coefficient (Wildman–Crippen LogP) is 5.42. The molecule has 2 N–H and O–H groups in total. The van der Waals surface area contributed by atoms with Gasteiger partial charge in [0.05, 0.1) is 11.4 Å². The molecule has 0 atom stereocenters. The van der Waals surface area contributed by atoms with Crippen LogP contribution in [0.2, 0.25) is 0 Å². The lowest BCUT2D eigenvalue weighted by molar-refractivity contribution is 0.0636. The molecule has 0 aromatic heterocycles. The second-order valence-electron chi connectivity index (χ2n) is 7.39. The second-order valence-corrected chi connectivity index (χ2v) is 7.39. The Labute approximate surface area is 140 Å². The highest BCUT2D eigenvalue weighted by Gasteiger charge is 2.17. The van der Waals surface area contributed by atoms with Crippen molar-refractivity contribution in [2.45, 2.75) is 64.9 Å². The maximum atomic E-state index is 11.9. The number of anilines is 2. The summed E-state index contributed by atoms with van der Waals surface area (Å²) in [6.45, 7) is 6.53. The largest absolute Gasteiger partial charge is 0.444 e. The third-order valence-corrected chi connectivity index (χ3v) is 4.16. The molecule has 1 aromatic rings. The molecular formula is C19H30N2O2. The summed E-state index contributed by atoms with van der Waals surface area (Å²) >= 11 is 0. The van der Waals surface area contributed by atoms with E-state index >= 15 is 0 Å². The Bertz CT molecular complexity index is 502. The van der Waals surface area contributed by atoms with Gasteiger partial charge in [0.25, 0.3) is 0 Å². The number of ether oxygens (including phenoxy) is 1. The van der Waals surface area contributed by atoms with Gasteiger partial charge in [0.2, 0.25) is 0 Å². The number of hydrogen-bond donors (Lipinski definition) is 2. The van der Waals surface area contributed by atoms with Crippen LogP contribution in [0.5, 0.6) is 0 Å². The molecule has 0 saturated heterocycles. The summed E-state index contributed by atoms with van der Waals surface area (Å²) in [5.41, 5.74) is 1.23. The van der Waals surface area contributed by atoms with Crippen molar-refractivity contribution in [3.8, 4) is 0 Å². The number of carbonyl (C=O) groups is 1. The Morgan fingerprint density at radius 3 is 2.43 bits per heavy atom. The van der Waals surface area contributed by atoms with Crippen molar-refractivity contribution < 1.29 is 9.53 Å². The van der Waals surface area contributed by atoms with E-state index in [1.165, 1.54) is 38.5 Å². The first-order valence-electron chi connectivity index (χ1n) is 8.77. The van der Waals surface area contributed by atoms with Crippen LogP contribution in [-0.4, -0.2) is 18.2 Å². The van der Waals surface area contributed by atoms with E-state index in [1.807, 2.05) is 45.0 Å². The van der Waals surface area contributed by atoms with Gasteiger partial charge in [-0.2, -0.15) is 0 Å². The third-order valence-electron chi connectivity index (χ3n) is 4.16. The highest BCUT2D eigenvalue weighted by molar-refractivity contribution is 5.89. The molecule has 1 saturated carbocycles. The van der Waals surface area contributed by atoms with E-state index in [-0.39, 0.29) is 0 Å². The van der Waals surface area contributed by atoms with E-state index in [0.29, 0.717) is 0 Å². The fraction of sp³-hybridized carbons (Fsp3) is 0.632. The van der Waals surface area contributed by atoms with Crippen molar-refractivity contribution in [3.63, 3.8) is 0 Å². The van der Waals surface area contributed by atoms with Gasteiger partial charge >= 0.3 is 6.09 Å². The van der Waals surface area contributed by atoms with E-state index in [4.69, 9.17) is 4.74 Å². The van der Waals surface area contributed by atoms with Crippen molar-refractivity contribution in [2.24, 2.45) is 5.92 Å². The molecule has 1 aliphatic rings. The zero-order chi connectivity index (χ0) is 16.7. The minimum absolute atomic E-state index is 0.418. The number of benzene rings is 1. The zero-order valence-electron chi connectivity index (χ0n) is 14.7. The van der Waals surface area contributed by atoms with Crippen LogP contribution in [0.25, 0.3) is 0 Å². The van der Waals surface area contributed by atoms with E-state index in [2.05, 4.69) is 10.6 Å². The zero-order valence-corrected chi connectivity index (χ0v) is 14.7. The second kappa shape index (κ2) is 8.23. The Kier molecular flexibility index (Phi) is 6.31. The minimum Gasteiger partial charge on any atom is -0.444 e. The molecule has 0 radical (unpaired) electrons. The van der Waals surface area contributed by atoms with Crippen molar-refractivity contribution in [1.82, 2.24) is 0 Å². The molecule has 0 spiro atoms. The molecule has 4 nitrogen and oxygen atoms in total. The van der Waals surface area contributed by atoms with Gasteiger partial charge in [0, 0.05) is 6.54 Å². The Morgan fingerprint density at radius 2 is 1.78 bits per heavy atom. The lowest BCUT2D eigenvalue weighted by Crippen LogP contribution is -2.27. The van der Waals surface area contributed by atoms with Crippen LogP contribution in [0.15, 0.2) is 24.3 Å². The van der Waals surface area contributed by atoms with Gasteiger partial charge in [-0.25, -0.2) is 4.79 Å². The summed E-state index contributed by atoms with van der Waals surface area (Å²) in [7, 11) is 0. The Morgan fingerprint density at radius 1 is 1.13 bits per heavy atom. The first-order valence-corrected chi connectivity index (χ1v) is 8.77. The van der Waals surface area contributed by atoms with Crippen molar-refractivity contribution in [1.29, 1.82) is 0 Å². The minimum atomic E-state index is -0.493. The van der Waals surface area contributed by atoms with Crippen molar-refractivity contribution in [2.75, 3.05) is 17.2 Å². The monoisotopic (exact) mass is 318 g/mol. The summed E-state index contributed by atoms with van der Waals surface area (Å²) in [6, 6.07) is 7.78. The standard InChI is InChI=1S/C19H30N2O2/c1-19(2,3)23-18(22)21-17-12-8-7-11-16(17)20-14-13-15-9-5-4-6-10-15/h7-8,11-12,15,20H,4-6,9-10,13-14H2,1-3H3,(H,21,22). The highest BCUT2D eigenvalue weighted by Crippen LogP contribution is 2.27. The van der Waals surface area contributed by atoms with Gasteiger partial charge in [-0.1, -0.05) is 44.2 Å². The Balaban J connectivity index is 1.85. The number of hydrogen-bond acceptors (Lipinski definition) is 3. The molecule has 1 fully saturated rings. The molecule has 1 amide bonds. The van der Waals surface area contributed by atoms with E-state index in [1.54, 1.807) is 0 Å². The molecule has 2 rings (SSSR count). The van der Waals surface area contributed by atoms with E-state index in [0.717, 1.165) is 23.8 Å². The Hall–Kier alpha value is -1.71. The number of carbonyl (C=O) groups excluding carboxylic acids is 1. The fourth-order valence-electron chi connectivity index (χ4n) is 3.05. The van der Waals surface area contributed by atoms with Gasteiger partial charge in [-0.3, -0.25) is 5.32 Å². The van der Waals surface area contributed by atoms with Crippen molar-refractivity contribution >= 4 is 17.5 Å². The van der Waals surface area contributed by atoms with Crippen LogP contribution < -0.4 is 10.6 Å². The SMILES string of the molecule is CC(C)(C)OC(=O)Nc1ccccc1NCCC1CCCCC1. The first-order chi connectivity index (χ1) is 10.9. The molecule has 0 aliphatic heterocycles. The number of para-hydroxylation sites is 2. The lowest BCUT2D eigenvalue weighted by Gasteiger charge is -2.22. The molecule has 128 valence electrons. The average Bonchev–Trinajstić information content (AvgIpc) is 2.48. The number of nitrogens with one attached hydrogen (secondary N) is 2. The van der Waals surface area contributed by atoms with Crippen LogP contribution in [0, 0.1) is 5.92 Å². The van der Waals surface area contributed by atoms with E-state index in [9.17, 15) is 4.79 Å². The van der Waals surface area contributed by atoms with Gasteiger partial charge in [-0.15, -0.1) is 0 Å². The molecule has 23 heavy (non-hydrogen) atoms. The van der Waals surface area contributed by atoms with E-state index < -0.39 is 11.7 Å². The predicted molar refractivity (Wildman–Crippen MR) is 96.0 cm³/mol. The highest BCUT2D eigenvalue weighted by atomic mass is 16.6. The molecule has 1 aromatic carbocycles. The summed E-state index contributed by atoms with van der Waals surface area (Å²) in [6.07, 6.45) is 7.65. The lowest BCUT2D eigenvalue weighted by atomic mass is 9.87. The molecule has 0 heterocycles. The van der Waals surface area contributed by atoms with Crippen LogP contribution in [-0.2, 0) is 4.74 Å². The molecule has 4 heteroatoms. The van der Waals surface area contributed by atoms with Gasteiger partial charge in [0.1, 0.15) is 5.60 Å². The number of rotatable bonds is 5. The van der Waals surface area contributed by atoms with Gasteiger partial charge in [-0.05, 0) is 45.2 Å². The summed E-state index contributed by atoms with van der Waals surface area (Å²) in [5.74, 6) is 0.849. The summed E-state index contributed by atoms with van der Waals surface area (Å²) in [5, 5.41) is 6.29. The summed E-state index contributed by atoms with van der Waals surface area (Å²) < 4.78 is 5.32. The van der Waals surface area contributed by atoms with Crippen LogP contribution in [0.1, 0.15) is 59.3 Å². The first kappa shape index (κ1) is 17.6. The molecule has 0 unspecified atom stereocenters. The van der Waals surface area contributed by atoms with Gasteiger partial charge < -0.3 is 10.1 Å². The number of amides is 1.